The van der Waals surface area contributed by atoms with E-state index in [-0.39, 0.29) is 16.5 Å². The molecule has 1 fully saturated rings. The van der Waals surface area contributed by atoms with E-state index in [0.717, 1.165) is 12.1 Å². The van der Waals surface area contributed by atoms with Crippen LogP contribution in [0.1, 0.15) is 28.8 Å². The number of aromatic carboxylic acids is 1. The first kappa shape index (κ1) is 14.8. The molecule has 0 spiro atoms. The van der Waals surface area contributed by atoms with Crippen molar-refractivity contribution in [3.63, 3.8) is 0 Å². The molecule has 20 heavy (non-hydrogen) atoms. The highest BCUT2D eigenvalue weighted by Crippen LogP contribution is 2.27. The Bertz CT molecular complexity index is 648. The Morgan fingerprint density at radius 1 is 1.35 bits per heavy atom. The van der Waals surface area contributed by atoms with Crippen molar-refractivity contribution >= 4 is 16.0 Å². The predicted molar refractivity (Wildman–Crippen MR) is 69.2 cm³/mol. The van der Waals surface area contributed by atoms with Gasteiger partial charge in [-0.1, -0.05) is 0 Å². The van der Waals surface area contributed by atoms with Crippen molar-refractivity contribution < 1.29 is 28.5 Å². The van der Waals surface area contributed by atoms with Gasteiger partial charge in [-0.25, -0.2) is 17.9 Å². The van der Waals surface area contributed by atoms with Crippen LogP contribution in [-0.4, -0.2) is 41.9 Å². The van der Waals surface area contributed by atoms with E-state index in [1.54, 1.807) is 0 Å². The molecule has 8 heteroatoms. The van der Waals surface area contributed by atoms with E-state index in [1.165, 1.54) is 6.92 Å². The number of phenols is 1. The molecule has 0 saturated heterocycles. The Labute approximate surface area is 115 Å². The zero-order valence-corrected chi connectivity index (χ0v) is 11.5. The second-order valence-electron chi connectivity index (χ2n) is 4.88. The normalized spacial score (nSPS) is 22.3. The summed E-state index contributed by atoms with van der Waals surface area (Å²) < 4.78 is 26.8. The third-order valence-electron chi connectivity index (χ3n) is 3.25. The van der Waals surface area contributed by atoms with Crippen molar-refractivity contribution in [2.75, 3.05) is 0 Å². The Hall–Kier alpha value is -1.64. The molecular formula is C12H15NO6S. The van der Waals surface area contributed by atoms with Gasteiger partial charge in [0.1, 0.15) is 11.3 Å². The maximum absolute atomic E-state index is 12.2. The number of carboxylic acid groups (broad SMARTS) is 1. The number of aryl methyl sites for hydroxylation is 1. The lowest BCUT2D eigenvalue weighted by molar-refractivity contribution is 0.0692. The number of nitrogens with one attached hydrogen (secondary N) is 1. The molecule has 0 heterocycles. The zero-order chi connectivity index (χ0) is 15.1. The van der Waals surface area contributed by atoms with E-state index in [9.17, 15) is 18.3 Å². The van der Waals surface area contributed by atoms with Gasteiger partial charge in [0, 0.05) is 6.04 Å². The molecule has 4 N–H and O–H groups in total. The number of carbonyl (C=O) groups is 1. The van der Waals surface area contributed by atoms with Gasteiger partial charge in [-0.2, -0.15) is 0 Å². The highest BCUT2D eigenvalue weighted by atomic mass is 32.2. The molecule has 110 valence electrons. The summed E-state index contributed by atoms with van der Waals surface area (Å²) in [5, 5.41) is 27.6. The van der Waals surface area contributed by atoms with E-state index < -0.39 is 33.4 Å². The standard InChI is InChI=1S/C12H15NO6S/c1-6-2-10(15)9(12(16)17)5-11(6)20(18,19)13-7-3-8(14)4-7/h2,5,7-8,13-15H,3-4H2,1H3,(H,16,17). The van der Waals surface area contributed by atoms with Gasteiger partial charge >= 0.3 is 5.97 Å². The summed E-state index contributed by atoms with van der Waals surface area (Å²) in [6, 6.07) is 1.69. The third kappa shape index (κ3) is 2.77. The summed E-state index contributed by atoms with van der Waals surface area (Å²) in [6.45, 7) is 1.47. The number of sulfonamides is 1. The average molecular weight is 301 g/mol. The summed E-state index contributed by atoms with van der Waals surface area (Å²) in [5.41, 5.74) is -0.218. The number of aliphatic hydroxyl groups excluding tert-OH is 1. The van der Waals surface area contributed by atoms with Gasteiger partial charge in [0.05, 0.1) is 11.0 Å². The number of aromatic hydroxyl groups is 1. The second kappa shape index (κ2) is 5.04. The van der Waals surface area contributed by atoms with Gasteiger partial charge < -0.3 is 15.3 Å². The van der Waals surface area contributed by atoms with E-state index in [0.29, 0.717) is 12.8 Å². The molecular weight excluding hydrogens is 286 g/mol. The van der Waals surface area contributed by atoms with Crippen LogP contribution in [0.5, 0.6) is 5.75 Å². The zero-order valence-electron chi connectivity index (χ0n) is 10.7. The molecule has 0 radical (unpaired) electrons. The smallest absolute Gasteiger partial charge is 0.339 e. The Morgan fingerprint density at radius 3 is 2.45 bits per heavy atom. The van der Waals surface area contributed by atoms with E-state index >= 15 is 0 Å². The monoisotopic (exact) mass is 301 g/mol. The quantitative estimate of drug-likeness (QED) is 0.630. The number of rotatable bonds is 4. The van der Waals surface area contributed by atoms with Gasteiger partial charge in [-0.3, -0.25) is 0 Å². The number of aliphatic hydroxyl groups is 1. The van der Waals surface area contributed by atoms with Crippen LogP contribution in [0.4, 0.5) is 0 Å². The Morgan fingerprint density at radius 2 is 1.95 bits per heavy atom. The van der Waals surface area contributed by atoms with Crippen molar-refractivity contribution in [1.82, 2.24) is 4.72 Å². The van der Waals surface area contributed by atoms with Crippen LogP contribution in [-0.2, 0) is 10.0 Å². The van der Waals surface area contributed by atoms with Gasteiger partial charge in [-0.05, 0) is 37.5 Å². The fourth-order valence-corrected chi connectivity index (χ4v) is 3.61. The number of hydrogen-bond acceptors (Lipinski definition) is 5. The largest absolute Gasteiger partial charge is 0.507 e. The molecule has 0 aromatic heterocycles. The average Bonchev–Trinajstić information content (AvgIpc) is 2.25. The topological polar surface area (TPSA) is 124 Å². The molecule has 1 aromatic rings. The molecule has 0 aliphatic heterocycles. The molecule has 0 unspecified atom stereocenters. The number of benzene rings is 1. The summed E-state index contributed by atoms with van der Waals surface area (Å²) in [4.78, 5) is 10.8. The van der Waals surface area contributed by atoms with Gasteiger partial charge in [-0.15, -0.1) is 0 Å². The summed E-state index contributed by atoms with van der Waals surface area (Å²) >= 11 is 0. The highest BCUT2D eigenvalue weighted by molar-refractivity contribution is 7.89. The number of hydrogen-bond donors (Lipinski definition) is 4. The molecule has 7 nitrogen and oxygen atoms in total. The third-order valence-corrected chi connectivity index (χ3v) is 4.91. The van der Waals surface area contributed by atoms with E-state index in [2.05, 4.69) is 4.72 Å². The van der Waals surface area contributed by atoms with Crippen molar-refractivity contribution in [2.45, 2.75) is 36.8 Å². The molecule has 1 aromatic carbocycles. The Balaban J connectivity index is 2.35. The lowest BCUT2D eigenvalue weighted by Crippen LogP contribution is -2.46. The van der Waals surface area contributed by atoms with Crippen molar-refractivity contribution in [3.8, 4) is 5.75 Å². The molecule has 1 aliphatic carbocycles. The molecule has 1 aliphatic rings. The lowest BCUT2D eigenvalue weighted by atomic mass is 9.91. The summed E-state index contributed by atoms with van der Waals surface area (Å²) in [6.07, 6.45) is 0.169. The predicted octanol–water partition coefficient (Wildman–Crippen LogP) is 0.200. The first-order valence-corrected chi connectivity index (χ1v) is 7.46. The molecule has 1 saturated carbocycles. The minimum atomic E-state index is -3.88. The van der Waals surface area contributed by atoms with Crippen LogP contribution in [0, 0.1) is 6.92 Å². The molecule has 0 bridgehead atoms. The van der Waals surface area contributed by atoms with Crippen LogP contribution in [0.2, 0.25) is 0 Å². The van der Waals surface area contributed by atoms with Crippen LogP contribution >= 0.6 is 0 Å². The SMILES string of the molecule is Cc1cc(O)c(C(=O)O)cc1S(=O)(=O)NC1CC(O)C1. The van der Waals surface area contributed by atoms with Crippen molar-refractivity contribution in [1.29, 1.82) is 0 Å². The van der Waals surface area contributed by atoms with Crippen LogP contribution in [0.15, 0.2) is 17.0 Å². The summed E-state index contributed by atoms with van der Waals surface area (Å²) in [7, 11) is -3.88. The lowest BCUT2D eigenvalue weighted by Gasteiger charge is -2.31. The minimum absolute atomic E-state index is 0.186. The van der Waals surface area contributed by atoms with Crippen molar-refractivity contribution in [2.24, 2.45) is 0 Å². The van der Waals surface area contributed by atoms with Gasteiger partial charge in [0.15, 0.2) is 0 Å². The first-order valence-electron chi connectivity index (χ1n) is 5.98. The van der Waals surface area contributed by atoms with Gasteiger partial charge in [0.2, 0.25) is 10.0 Å². The minimum Gasteiger partial charge on any atom is -0.507 e. The van der Waals surface area contributed by atoms with Crippen LogP contribution < -0.4 is 4.72 Å². The maximum Gasteiger partial charge on any atom is 0.339 e. The van der Waals surface area contributed by atoms with Crippen LogP contribution in [0.3, 0.4) is 0 Å². The van der Waals surface area contributed by atoms with Crippen molar-refractivity contribution in [3.05, 3.63) is 23.3 Å². The summed E-state index contributed by atoms with van der Waals surface area (Å²) in [5.74, 6) is -1.88. The first-order chi connectivity index (χ1) is 9.20. The highest BCUT2D eigenvalue weighted by Gasteiger charge is 2.32. The second-order valence-corrected chi connectivity index (χ2v) is 6.57. The van der Waals surface area contributed by atoms with E-state index in [4.69, 9.17) is 10.2 Å². The number of carboxylic acids is 1. The maximum atomic E-state index is 12.2. The molecule has 0 amide bonds. The van der Waals surface area contributed by atoms with Crippen LogP contribution in [0.25, 0.3) is 0 Å². The fourth-order valence-electron chi connectivity index (χ4n) is 2.10. The fraction of sp³-hybridized carbons (Fsp3) is 0.417. The molecule has 2 rings (SSSR count). The Kier molecular flexibility index (Phi) is 3.72. The van der Waals surface area contributed by atoms with Gasteiger partial charge in [0.25, 0.3) is 0 Å². The molecule has 0 atom stereocenters. The van der Waals surface area contributed by atoms with E-state index in [1.807, 2.05) is 0 Å².